The van der Waals surface area contributed by atoms with Crippen LogP contribution >= 0.6 is 22.9 Å². The number of rotatable bonds is 5. The van der Waals surface area contributed by atoms with Crippen molar-refractivity contribution >= 4 is 49.5 Å². The van der Waals surface area contributed by atoms with Crippen LogP contribution in [0.3, 0.4) is 0 Å². The Labute approximate surface area is 179 Å². The Balaban J connectivity index is 1.47. The number of thiazole rings is 1. The van der Waals surface area contributed by atoms with E-state index in [2.05, 4.69) is 10.3 Å². The first-order valence-electron chi connectivity index (χ1n) is 8.45. The number of ether oxygens (including phenoxy) is 1. The van der Waals surface area contributed by atoms with Gasteiger partial charge in [0.25, 0.3) is 11.6 Å². The van der Waals surface area contributed by atoms with Crippen LogP contribution in [0, 0.1) is 10.1 Å². The molecule has 0 aliphatic carbocycles. The van der Waals surface area contributed by atoms with Gasteiger partial charge in [-0.1, -0.05) is 22.9 Å². The number of anilines is 1. The summed E-state index contributed by atoms with van der Waals surface area (Å²) in [4.78, 5) is 26.4. The van der Waals surface area contributed by atoms with Crippen LogP contribution in [-0.4, -0.2) is 30.3 Å². The highest BCUT2D eigenvalue weighted by Gasteiger charge is 2.30. The molecule has 2 aromatic carbocycles. The van der Waals surface area contributed by atoms with Crippen molar-refractivity contribution in [1.29, 1.82) is 0 Å². The summed E-state index contributed by atoms with van der Waals surface area (Å²) < 4.78 is 30.9. The fourth-order valence-corrected chi connectivity index (χ4v) is 5.48. The second-order valence-corrected chi connectivity index (χ2v) is 9.93. The molecule has 154 valence electrons. The lowest BCUT2D eigenvalue weighted by molar-refractivity contribution is -0.384. The van der Waals surface area contributed by atoms with E-state index in [0.717, 1.165) is 47.4 Å². The summed E-state index contributed by atoms with van der Waals surface area (Å²) in [5.74, 6) is 0.107. The summed E-state index contributed by atoms with van der Waals surface area (Å²) >= 11 is 6.72. The number of fused-ring (bicyclic) bond motifs is 1. The third-order valence-electron chi connectivity index (χ3n) is 4.33. The lowest BCUT2D eigenvalue weighted by Crippen LogP contribution is -2.31. The number of nitro benzene ring substituents is 1. The van der Waals surface area contributed by atoms with Gasteiger partial charge >= 0.3 is 0 Å². The van der Waals surface area contributed by atoms with Crippen LogP contribution in [0.25, 0.3) is 0 Å². The number of carbonyl (C=O) groups excluding carboxylic acids is 1. The van der Waals surface area contributed by atoms with Crippen molar-refractivity contribution in [2.24, 2.45) is 0 Å². The zero-order valence-corrected chi connectivity index (χ0v) is 17.3. The Morgan fingerprint density at radius 3 is 2.70 bits per heavy atom. The molecule has 1 atom stereocenters. The summed E-state index contributed by atoms with van der Waals surface area (Å²) in [6.07, 6.45) is 0.680. The summed E-state index contributed by atoms with van der Waals surface area (Å²) in [6, 6.07) is 9.60. The smallest absolute Gasteiger partial charge is 0.269 e. The number of aromatic nitrogens is 1. The second kappa shape index (κ2) is 7.67. The van der Waals surface area contributed by atoms with Gasteiger partial charge in [-0.05, 0) is 35.9 Å². The first kappa shape index (κ1) is 20.3. The van der Waals surface area contributed by atoms with Crippen LogP contribution in [0.5, 0.6) is 5.75 Å². The van der Waals surface area contributed by atoms with E-state index in [1.165, 1.54) is 0 Å². The minimum Gasteiger partial charge on any atom is -0.480 e. The molecule has 1 amide bonds. The van der Waals surface area contributed by atoms with E-state index in [1.54, 1.807) is 18.2 Å². The number of nitrogens with zero attached hydrogens (tertiary/aromatic N) is 2. The molecule has 1 aliphatic rings. The van der Waals surface area contributed by atoms with E-state index in [9.17, 15) is 23.3 Å². The SMILES string of the molecule is O=C(Nc1ncc(S(=O)(=O)c2ccc([N+](=O)[O-])cc2)s1)C1Cc2cc(Cl)ccc2O1. The van der Waals surface area contributed by atoms with Crippen molar-refractivity contribution in [2.45, 2.75) is 21.6 Å². The monoisotopic (exact) mass is 465 g/mol. The molecule has 1 aromatic heterocycles. The van der Waals surface area contributed by atoms with E-state index in [1.807, 2.05) is 0 Å². The van der Waals surface area contributed by atoms with E-state index in [0.29, 0.717) is 17.2 Å². The van der Waals surface area contributed by atoms with Crippen LogP contribution in [-0.2, 0) is 21.1 Å². The summed E-state index contributed by atoms with van der Waals surface area (Å²) in [5, 5.41) is 13.9. The van der Waals surface area contributed by atoms with Crippen molar-refractivity contribution < 1.29 is 22.9 Å². The molecule has 1 unspecified atom stereocenters. The molecule has 0 spiro atoms. The Bertz CT molecular complexity index is 1260. The first-order chi connectivity index (χ1) is 14.2. The maximum atomic E-state index is 12.7. The van der Waals surface area contributed by atoms with Crippen LogP contribution < -0.4 is 10.1 Å². The van der Waals surface area contributed by atoms with Crippen LogP contribution in [0.15, 0.2) is 57.8 Å². The molecule has 30 heavy (non-hydrogen) atoms. The molecule has 0 radical (unpaired) electrons. The van der Waals surface area contributed by atoms with Gasteiger partial charge in [0.2, 0.25) is 9.84 Å². The van der Waals surface area contributed by atoms with Gasteiger partial charge < -0.3 is 4.74 Å². The van der Waals surface area contributed by atoms with Gasteiger partial charge in [-0.2, -0.15) is 0 Å². The van der Waals surface area contributed by atoms with Gasteiger partial charge in [-0.25, -0.2) is 13.4 Å². The maximum absolute atomic E-state index is 12.7. The fraction of sp³-hybridized carbons (Fsp3) is 0.111. The average Bonchev–Trinajstić information content (AvgIpc) is 3.35. The molecule has 4 rings (SSSR count). The number of hydrogen-bond acceptors (Lipinski definition) is 8. The standard InChI is InChI=1S/C18H12ClN3O6S2/c19-11-1-6-14-10(7-11)8-15(28-14)17(23)21-18-20-9-16(29-18)30(26,27)13-4-2-12(3-5-13)22(24)25/h1-7,9,15H,8H2,(H,20,21,23). The number of non-ortho nitro benzene ring substituents is 1. The third-order valence-corrected chi connectivity index (χ3v) is 7.71. The molecular formula is C18H12ClN3O6S2. The zero-order valence-electron chi connectivity index (χ0n) is 14.9. The minimum absolute atomic E-state index is 0.0954. The molecule has 0 fully saturated rings. The Kier molecular flexibility index (Phi) is 5.18. The number of amides is 1. The normalized spacial score (nSPS) is 15.3. The molecule has 9 nitrogen and oxygen atoms in total. The van der Waals surface area contributed by atoms with Gasteiger partial charge in [0.05, 0.1) is 16.0 Å². The van der Waals surface area contributed by atoms with Gasteiger partial charge in [0.15, 0.2) is 11.2 Å². The number of hydrogen-bond donors (Lipinski definition) is 1. The van der Waals surface area contributed by atoms with E-state index in [-0.39, 0.29) is 19.9 Å². The van der Waals surface area contributed by atoms with Crippen molar-refractivity contribution in [3.8, 4) is 5.75 Å². The van der Waals surface area contributed by atoms with Gasteiger partial charge in [-0.15, -0.1) is 0 Å². The topological polar surface area (TPSA) is 128 Å². The van der Waals surface area contributed by atoms with Crippen molar-refractivity contribution in [2.75, 3.05) is 5.32 Å². The van der Waals surface area contributed by atoms with Gasteiger partial charge in [0, 0.05) is 23.6 Å². The lowest BCUT2D eigenvalue weighted by Gasteiger charge is -2.09. The van der Waals surface area contributed by atoms with Crippen molar-refractivity contribution in [3.63, 3.8) is 0 Å². The zero-order chi connectivity index (χ0) is 21.5. The van der Waals surface area contributed by atoms with Crippen molar-refractivity contribution in [3.05, 3.63) is 69.4 Å². The highest BCUT2D eigenvalue weighted by Crippen LogP contribution is 2.33. The summed E-state index contributed by atoms with van der Waals surface area (Å²) in [6.45, 7) is 0. The largest absolute Gasteiger partial charge is 0.480 e. The molecule has 3 aromatic rings. The summed E-state index contributed by atoms with van der Waals surface area (Å²) in [5.41, 5.74) is 0.591. The Hall–Kier alpha value is -3.02. The number of sulfone groups is 1. The van der Waals surface area contributed by atoms with Crippen LogP contribution in [0.4, 0.5) is 10.8 Å². The van der Waals surface area contributed by atoms with E-state index in [4.69, 9.17) is 16.3 Å². The number of carbonyl (C=O) groups is 1. The van der Waals surface area contributed by atoms with E-state index >= 15 is 0 Å². The predicted octanol–water partition coefficient (Wildman–Crippen LogP) is 3.48. The number of nitro groups is 1. The first-order valence-corrected chi connectivity index (χ1v) is 11.1. The quantitative estimate of drug-likeness (QED) is 0.451. The highest BCUT2D eigenvalue weighted by atomic mass is 35.5. The second-order valence-electron chi connectivity index (χ2n) is 6.29. The van der Waals surface area contributed by atoms with Crippen LogP contribution in [0.1, 0.15) is 5.56 Å². The van der Waals surface area contributed by atoms with E-state index < -0.39 is 26.8 Å². The van der Waals surface area contributed by atoms with Crippen molar-refractivity contribution in [1.82, 2.24) is 4.98 Å². The highest BCUT2D eigenvalue weighted by molar-refractivity contribution is 7.93. The number of benzene rings is 2. The molecule has 0 bridgehead atoms. The molecule has 2 heterocycles. The van der Waals surface area contributed by atoms with Gasteiger partial charge in [0.1, 0.15) is 9.96 Å². The molecule has 1 N–H and O–H groups in total. The number of halogens is 1. The molecular weight excluding hydrogens is 454 g/mol. The molecule has 0 saturated heterocycles. The third kappa shape index (κ3) is 3.86. The Morgan fingerprint density at radius 1 is 1.27 bits per heavy atom. The predicted molar refractivity (Wildman–Crippen MR) is 109 cm³/mol. The maximum Gasteiger partial charge on any atom is 0.269 e. The summed E-state index contributed by atoms with van der Waals surface area (Å²) in [7, 11) is -3.93. The average molecular weight is 466 g/mol. The lowest BCUT2D eigenvalue weighted by atomic mass is 10.1. The number of nitrogens with one attached hydrogen (secondary N) is 1. The molecule has 1 aliphatic heterocycles. The Morgan fingerprint density at radius 2 is 2.00 bits per heavy atom. The molecule has 12 heteroatoms. The fourth-order valence-electron chi connectivity index (χ4n) is 2.85. The molecule has 0 saturated carbocycles. The van der Waals surface area contributed by atoms with Crippen LogP contribution in [0.2, 0.25) is 5.02 Å². The van der Waals surface area contributed by atoms with Gasteiger partial charge in [-0.3, -0.25) is 20.2 Å². The minimum atomic E-state index is -3.93.